The molecule has 0 radical (unpaired) electrons. The van der Waals surface area contributed by atoms with Crippen LogP contribution in [0.5, 0.6) is 0 Å². The fourth-order valence-electron chi connectivity index (χ4n) is 2.18. The summed E-state index contributed by atoms with van der Waals surface area (Å²) in [5, 5.41) is 13.8. The highest BCUT2D eigenvalue weighted by atomic mass is 19.1. The first kappa shape index (κ1) is 18.1. The highest BCUT2D eigenvalue weighted by Crippen LogP contribution is 2.17. The van der Waals surface area contributed by atoms with E-state index in [1.54, 1.807) is 18.2 Å². The van der Waals surface area contributed by atoms with Gasteiger partial charge in [0.15, 0.2) is 0 Å². The van der Waals surface area contributed by atoms with Crippen LogP contribution in [0.15, 0.2) is 48.5 Å². The van der Waals surface area contributed by atoms with E-state index in [4.69, 9.17) is 10.00 Å². The quantitative estimate of drug-likeness (QED) is 0.815. The minimum Gasteiger partial charge on any atom is -0.375 e. The molecule has 0 aliphatic rings. The Balaban J connectivity index is 1.97. The number of halogens is 1. The molecule has 2 aromatic carbocycles. The van der Waals surface area contributed by atoms with Gasteiger partial charge in [0.05, 0.1) is 17.4 Å². The van der Waals surface area contributed by atoms with Crippen molar-refractivity contribution >= 4 is 17.5 Å². The van der Waals surface area contributed by atoms with E-state index in [9.17, 15) is 14.0 Å². The molecular formula is C18H16FN3O3. The maximum atomic E-state index is 13.3. The second kappa shape index (κ2) is 8.57. The third-order valence-corrected chi connectivity index (χ3v) is 3.45. The molecule has 0 fully saturated rings. The summed E-state index contributed by atoms with van der Waals surface area (Å²) in [6, 6.07) is 14.0. The molecule has 128 valence electrons. The molecule has 2 amide bonds. The lowest BCUT2D eigenvalue weighted by Gasteiger charge is -2.16. The van der Waals surface area contributed by atoms with Crippen LogP contribution in [0, 0.1) is 17.1 Å². The van der Waals surface area contributed by atoms with Crippen LogP contribution in [0.1, 0.15) is 17.2 Å². The lowest BCUT2D eigenvalue weighted by molar-refractivity contribution is -0.136. The fourth-order valence-corrected chi connectivity index (χ4v) is 2.18. The number of nitrogens with zero attached hydrogens (tertiary/aromatic N) is 1. The lowest BCUT2D eigenvalue weighted by Crippen LogP contribution is -2.38. The Morgan fingerprint density at radius 1 is 1.20 bits per heavy atom. The Morgan fingerprint density at radius 3 is 2.64 bits per heavy atom. The third kappa shape index (κ3) is 4.86. The molecule has 0 bridgehead atoms. The van der Waals surface area contributed by atoms with E-state index in [0.717, 1.165) is 0 Å². The van der Waals surface area contributed by atoms with Crippen LogP contribution >= 0.6 is 0 Å². The minimum atomic E-state index is -0.906. The predicted molar refractivity (Wildman–Crippen MR) is 88.9 cm³/mol. The van der Waals surface area contributed by atoms with E-state index < -0.39 is 23.7 Å². The SMILES string of the molecule is CO[C@H](CNC(=O)C(=O)Nc1ccccc1C#N)c1cccc(F)c1. The van der Waals surface area contributed by atoms with Crippen LogP contribution in [0.4, 0.5) is 10.1 Å². The van der Waals surface area contributed by atoms with Crippen molar-refractivity contribution in [1.82, 2.24) is 5.32 Å². The summed E-state index contributed by atoms with van der Waals surface area (Å²) in [6.45, 7) is -0.00783. The first-order valence-corrected chi connectivity index (χ1v) is 7.41. The molecule has 0 aliphatic heterocycles. The van der Waals surface area contributed by atoms with Gasteiger partial charge in [0.2, 0.25) is 0 Å². The zero-order chi connectivity index (χ0) is 18.2. The number of methoxy groups -OCH3 is 1. The molecule has 25 heavy (non-hydrogen) atoms. The molecule has 0 spiro atoms. The number of carbonyl (C=O) groups is 2. The molecule has 0 aromatic heterocycles. The number of nitriles is 1. The number of benzene rings is 2. The number of para-hydroxylation sites is 1. The van der Waals surface area contributed by atoms with Gasteiger partial charge in [-0.15, -0.1) is 0 Å². The van der Waals surface area contributed by atoms with E-state index in [2.05, 4.69) is 10.6 Å². The number of hydrogen-bond donors (Lipinski definition) is 2. The van der Waals surface area contributed by atoms with Gasteiger partial charge in [-0.2, -0.15) is 5.26 Å². The Labute approximate surface area is 144 Å². The van der Waals surface area contributed by atoms with Crippen molar-refractivity contribution < 1.29 is 18.7 Å². The lowest BCUT2D eigenvalue weighted by atomic mass is 10.1. The highest BCUT2D eigenvalue weighted by Gasteiger charge is 2.18. The average Bonchev–Trinajstić information content (AvgIpc) is 2.62. The molecule has 2 rings (SSSR count). The summed E-state index contributed by atoms with van der Waals surface area (Å²) in [5.74, 6) is -2.21. The van der Waals surface area contributed by atoms with Crippen molar-refractivity contribution in [1.29, 1.82) is 5.26 Å². The van der Waals surface area contributed by atoms with Gasteiger partial charge >= 0.3 is 11.8 Å². The van der Waals surface area contributed by atoms with Gasteiger partial charge in [0.25, 0.3) is 0 Å². The Hall–Kier alpha value is -3.24. The predicted octanol–water partition coefficient (Wildman–Crippen LogP) is 2.14. The number of nitrogens with one attached hydrogen (secondary N) is 2. The molecule has 1 atom stereocenters. The maximum Gasteiger partial charge on any atom is 0.313 e. The average molecular weight is 341 g/mol. The third-order valence-electron chi connectivity index (χ3n) is 3.45. The van der Waals surface area contributed by atoms with Crippen molar-refractivity contribution in [3.8, 4) is 6.07 Å². The normalized spacial score (nSPS) is 11.2. The summed E-state index contributed by atoms with van der Waals surface area (Å²) in [7, 11) is 1.42. The first-order valence-electron chi connectivity index (χ1n) is 7.41. The first-order chi connectivity index (χ1) is 12.0. The standard InChI is InChI=1S/C18H16FN3O3/c1-25-16(12-6-4-7-14(19)9-12)11-21-17(23)18(24)22-15-8-3-2-5-13(15)10-20/h2-9,16H,11H2,1H3,(H,21,23)(H,22,24)/t16-/m1/s1. The maximum absolute atomic E-state index is 13.3. The Kier molecular flexibility index (Phi) is 6.20. The zero-order valence-electron chi connectivity index (χ0n) is 13.5. The summed E-state index contributed by atoms with van der Waals surface area (Å²) in [4.78, 5) is 23.9. The molecule has 7 heteroatoms. The van der Waals surface area contributed by atoms with Crippen LogP contribution in [0.25, 0.3) is 0 Å². The monoisotopic (exact) mass is 341 g/mol. The number of hydrogen-bond acceptors (Lipinski definition) is 4. The van der Waals surface area contributed by atoms with Gasteiger partial charge in [-0.3, -0.25) is 9.59 Å². The molecule has 0 heterocycles. The van der Waals surface area contributed by atoms with E-state index >= 15 is 0 Å². The van der Waals surface area contributed by atoms with E-state index in [-0.39, 0.29) is 17.8 Å². The molecule has 6 nitrogen and oxygen atoms in total. The van der Waals surface area contributed by atoms with Crippen molar-refractivity contribution in [3.05, 3.63) is 65.5 Å². The minimum absolute atomic E-state index is 0.00783. The summed E-state index contributed by atoms with van der Waals surface area (Å²) >= 11 is 0. The van der Waals surface area contributed by atoms with E-state index in [1.165, 1.54) is 37.4 Å². The van der Waals surface area contributed by atoms with Gasteiger partial charge in [0, 0.05) is 13.7 Å². The summed E-state index contributed by atoms with van der Waals surface area (Å²) in [6.07, 6.45) is -0.598. The van der Waals surface area contributed by atoms with Crippen molar-refractivity contribution in [2.75, 3.05) is 19.0 Å². The van der Waals surface area contributed by atoms with Gasteiger partial charge in [-0.25, -0.2) is 4.39 Å². The second-order valence-electron chi connectivity index (χ2n) is 5.10. The van der Waals surface area contributed by atoms with Crippen molar-refractivity contribution in [3.63, 3.8) is 0 Å². The molecule has 0 saturated heterocycles. The molecule has 0 saturated carbocycles. The fraction of sp³-hybridized carbons (Fsp3) is 0.167. The Morgan fingerprint density at radius 2 is 1.96 bits per heavy atom. The number of rotatable bonds is 5. The van der Waals surface area contributed by atoms with Gasteiger partial charge in [-0.1, -0.05) is 24.3 Å². The topological polar surface area (TPSA) is 91.2 Å². The van der Waals surface area contributed by atoms with Crippen LogP contribution in [-0.2, 0) is 14.3 Å². The van der Waals surface area contributed by atoms with E-state index in [0.29, 0.717) is 5.56 Å². The van der Waals surface area contributed by atoms with Crippen LogP contribution in [0.2, 0.25) is 0 Å². The number of amides is 2. The van der Waals surface area contributed by atoms with Gasteiger partial charge in [0.1, 0.15) is 11.9 Å². The zero-order valence-corrected chi connectivity index (χ0v) is 13.5. The van der Waals surface area contributed by atoms with Crippen LogP contribution in [0.3, 0.4) is 0 Å². The molecule has 2 N–H and O–H groups in total. The molecule has 0 unspecified atom stereocenters. The number of carbonyl (C=O) groups excluding carboxylic acids is 2. The highest BCUT2D eigenvalue weighted by molar-refractivity contribution is 6.39. The van der Waals surface area contributed by atoms with Crippen molar-refractivity contribution in [2.24, 2.45) is 0 Å². The molecule has 0 aliphatic carbocycles. The smallest absolute Gasteiger partial charge is 0.313 e. The molecule has 2 aromatic rings. The van der Waals surface area contributed by atoms with Crippen LogP contribution in [-0.4, -0.2) is 25.5 Å². The second-order valence-corrected chi connectivity index (χ2v) is 5.10. The van der Waals surface area contributed by atoms with Crippen LogP contribution < -0.4 is 10.6 Å². The van der Waals surface area contributed by atoms with Crippen molar-refractivity contribution in [2.45, 2.75) is 6.10 Å². The largest absolute Gasteiger partial charge is 0.375 e. The number of ether oxygens (including phenoxy) is 1. The summed E-state index contributed by atoms with van der Waals surface area (Å²) in [5.41, 5.74) is 1.04. The van der Waals surface area contributed by atoms with Gasteiger partial charge < -0.3 is 15.4 Å². The number of anilines is 1. The van der Waals surface area contributed by atoms with Gasteiger partial charge in [-0.05, 0) is 29.8 Å². The summed E-state index contributed by atoms with van der Waals surface area (Å²) < 4.78 is 18.5. The Bertz CT molecular complexity index is 817. The van der Waals surface area contributed by atoms with E-state index in [1.807, 2.05) is 6.07 Å². The molecular weight excluding hydrogens is 325 g/mol.